The van der Waals surface area contributed by atoms with E-state index in [9.17, 15) is 18.0 Å². The van der Waals surface area contributed by atoms with Gasteiger partial charge in [-0.15, -0.1) is 0 Å². The fourth-order valence-corrected chi connectivity index (χ4v) is 5.43. The van der Waals surface area contributed by atoms with E-state index in [1.807, 2.05) is 0 Å². The van der Waals surface area contributed by atoms with Crippen LogP contribution >= 0.6 is 11.6 Å². The maximum absolute atomic E-state index is 12.9. The monoisotopic (exact) mass is 493 g/mol. The number of rotatable bonds is 6. The van der Waals surface area contributed by atoms with Gasteiger partial charge in [0, 0.05) is 31.7 Å². The summed E-state index contributed by atoms with van der Waals surface area (Å²) in [6, 6.07) is 11.2. The normalized spacial score (nSPS) is 19.5. The van der Waals surface area contributed by atoms with E-state index in [1.54, 1.807) is 36.3 Å². The summed E-state index contributed by atoms with van der Waals surface area (Å²) < 4.78 is 37.6. The molecular formula is C22H24ClN3O6S. The molecule has 176 valence electrons. The fourth-order valence-electron chi connectivity index (χ4n) is 3.83. The highest BCUT2D eigenvalue weighted by atomic mass is 35.5. The molecule has 2 heterocycles. The van der Waals surface area contributed by atoms with E-state index >= 15 is 0 Å². The lowest BCUT2D eigenvalue weighted by atomic mass is 10.1. The summed E-state index contributed by atoms with van der Waals surface area (Å²) in [5.74, 6) is -0.506. The highest BCUT2D eigenvalue weighted by molar-refractivity contribution is 7.89. The number of benzene rings is 2. The Morgan fingerprint density at radius 3 is 2.52 bits per heavy atom. The van der Waals surface area contributed by atoms with Gasteiger partial charge in [-0.3, -0.25) is 9.59 Å². The van der Waals surface area contributed by atoms with E-state index in [1.165, 1.54) is 22.5 Å². The van der Waals surface area contributed by atoms with Crippen LogP contribution in [0.1, 0.15) is 6.42 Å². The molecule has 1 unspecified atom stereocenters. The molecule has 2 aliphatic rings. The SMILES string of the molecule is COc1ccc(N2CC(C(=O)Nc3cc(S(=O)(=O)N4CCOCC4)ccc3Cl)CC2=O)cc1. The minimum atomic E-state index is -3.74. The molecule has 2 amide bonds. The molecule has 4 rings (SSSR count). The van der Waals surface area contributed by atoms with Crippen molar-refractivity contribution in [3.8, 4) is 5.75 Å². The first-order valence-electron chi connectivity index (χ1n) is 10.4. The molecule has 2 fully saturated rings. The minimum absolute atomic E-state index is 0.0338. The second kappa shape index (κ2) is 9.68. The third-order valence-electron chi connectivity index (χ3n) is 5.68. The van der Waals surface area contributed by atoms with Gasteiger partial charge in [0.2, 0.25) is 21.8 Å². The van der Waals surface area contributed by atoms with Gasteiger partial charge in [-0.2, -0.15) is 4.31 Å². The second-order valence-corrected chi connectivity index (χ2v) is 10.1. The van der Waals surface area contributed by atoms with Gasteiger partial charge in [-0.05, 0) is 42.5 Å². The van der Waals surface area contributed by atoms with Gasteiger partial charge < -0.3 is 19.7 Å². The number of hydrogen-bond acceptors (Lipinski definition) is 6. The number of nitrogens with zero attached hydrogens (tertiary/aromatic N) is 2. The summed E-state index contributed by atoms with van der Waals surface area (Å²) in [6.07, 6.45) is 0.0429. The number of morpholine rings is 1. The van der Waals surface area contributed by atoms with Gasteiger partial charge in [0.15, 0.2) is 0 Å². The van der Waals surface area contributed by atoms with E-state index in [0.29, 0.717) is 24.7 Å². The van der Waals surface area contributed by atoms with Crippen molar-refractivity contribution in [3.05, 3.63) is 47.5 Å². The van der Waals surface area contributed by atoms with Crippen molar-refractivity contribution in [2.75, 3.05) is 50.2 Å². The lowest BCUT2D eigenvalue weighted by Crippen LogP contribution is -2.40. The van der Waals surface area contributed by atoms with E-state index in [4.69, 9.17) is 21.1 Å². The third kappa shape index (κ3) is 4.98. The number of methoxy groups -OCH3 is 1. The highest BCUT2D eigenvalue weighted by Gasteiger charge is 2.35. The van der Waals surface area contributed by atoms with Crippen LogP contribution in [0.15, 0.2) is 47.4 Å². The van der Waals surface area contributed by atoms with Crippen LogP contribution in [0.5, 0.6) is 5.75 Å². The average Bonchev–Trinajstić information content (AvgIpc) is 3.22. The van der Waals surface area contributed by atoms with Crippen LogP contribution < -0.4 is 15.0 Å². The molecule has 0 radical (unpaired) electrons. The Kier molecular flexibility index (Phi) is 6.89. The minimum Gasteiger partial charge on any atom is -0.497 e. The number of carbonyl (C=O) groups is 2. The lowest BCUT2D eigenvalue weighted by Gasteiger charge is -2.26. The molecule has 1 N–H and O–H groups in total. The van der Waals surface area contributed by atoms with Gasteiger partial charge in [0.05, 0.1) is 41.8 Å². The number of ether oxygens (including phenoxy) is 2. The Labute approximate surface area is 197 Å². The van der Waals surface area contributed by atoms with Crippen molar-refractivity contribution in [2.45, 2.75) is 11.3 Å². The van der Waals surface area contributed by atoms with Gasteiger partial charge in [-0.25, -0.2) is 8.42 Å². The van der Waals surface area contributed by atoms with Crippen LogP contribution in [0.3, 0.4) is 0 Å². The van der Waals surface area contributed by atoms with Crippen molar-refractivity contribution >= 4 is 44.8 Å². The molecule has 2 aromatic carbocycles. The molecule has 2 aliphatic heterocycles. The smallest absolute Gasteiger partial charge is 0.243 e. The first kappa shape index (κ1) is 23.5. The zero-order valence-electron chi connectivity index (χ0n) is 18.0. The summed E-state index contributed by atoms with van der Waals surface area (Å²) in [6.45, 7) is 1.39. The summed E-state index contributed by atoms with van der Waals surface area (Å²) in [5.41, 5.74) is 0.860. The average molecular weight is 494 g/mol. The summed E-state index contributed by atoms with van der Waals surface area (Å²) >= 11 is 6.23. The van der Waals surface area contributed by atoms with Crippen LogP contribution in [0, 0.1) is 5.92 Å². The van der Waals surface area contributed by atoms with Crippen molar-refractivity contribution in [3.63, 3.8) is 0 Å². The van der Waals surface area contributed by atoms with Crippen molar-refractivity contribution in [1.29, 1.82) is 0 Å². The Morgan fingerprint density at radius 1 is 1.15 bits per heavy atom. The first-order chi connectivity index (χ1) is 15.8. The zero-order chi connectivity index (χ0) is 23.6. The number of anilines is 2. The maximum Gasteiger partial charge on any atom is 0.243 e. The largest absolute Gasteiger partial charge is 0.497 e. The maximum atomic E-state index is 12.9. The molecule has 2 saturated heterocycles. The standard InChI is InChI=1S/C22H24ClN3O6S/c1-31-17-4-2-16(3-5-17)26-14-15(12-21(26)27)22(28)24-20-13-18(6-7-19(20)23)33(29,30)25-8-10-32-11-9-25/h2-7,13,15H,8-12,14H2,1H3,(H,24,28). The number of nitrogens with one attached hydrogen (secondary N) is 1. The number of amides is 2. The van der Waals surface area contributed by atoms with Crippen LogP contribution in [-0.4, -0.2) is 64.5 Å². The highest BCUT2D eigenvalue weighted by Crippen LogP contribution is 2.30. The molecule has 2 aromatic rings. The van der Waals surface area contributed by atoms with Crippen LogP contribution in [0.4, 0.5) is 11.4 Å². The molecular weight excluding hydrogens is 470 g/mol. The van der Waals surface area contributed by atoms with Crippen LogP contribution in [0.25, 0.3) is 0 Å². The lowest BCUT2D eigenvalue weighted by molar-refractivity contribution is -0.122. The van der Waals surface area contributed by atoms with Gasteiger partial charge >= 0.3 is 0 Å². The molecule has 33 heavy (non-hydrogen) atoms. The summed E-state index contributed by atoms with van der Waals surface area (Å²) in [4.78, 5) is 27.0. The topological polar surface area (TPSA) is 105 Å². The first-order valence-corrected chi connectivity index (χ1v) is 12.2. The molecule has 0 spiro atoms. The van der Waals surface area contributed by atoms with E-state index in [2.05, 4.69) is 5.32 Å². The molecule has 0 saturated carbocycles. The van der Waals surface area contributed by atoms with Crippen molar-refractivity contribution in [2.24, 2.45) is 5.92 Å². The Balaban J connectivity index is 1.48. The quantitative estimate of drug-likeness (QED) is 0.662. The van der Waals surface area contributed by atoms with Crippen LogP contribution in [0.2, 0.25) is 5.02 Å². The van der Waals surface area contributed by atoms with Gasteiger partial charge in [-0.1, -0.05) is 11.6 Å². The number of halogens is 1. The molecule has 1 atom stereocenters. The zero-order valence-corrected chi connectivity index (χ0v) is 19.6. The Bertz CT molecular complexity index is 1150. The molecule has 11 heteroatoms. The fraction of sp³-hybridized carbons (Fsp3) is 0.364. The van der Waals surface area contributed by atoms with Crippen LogP contribution in [-0.2, 0) is 24.3 Å². The van der Waals surface area contributed by atoms with E-state index < -0.39 is 21.8 Å². The van der Waals surface area contributed by atoms with Crippen molar-refractivity contribution in [1.82, 2.24) is 4.31 Å². The third-order valence-corrected chi connectivity index (χ3v) is 7.91. The van der Waals surface area contributed by atoms with Gasteiger partial charge in [0.1, 0.15) is 5.75 Å². The van der Waals surface area contributed by atoms with Crippen molar-refractivity contribution < 1.29 is 27.5 Å². The second-order valence-electron chi connectivity index (χ2n) is 7.75. The van der Waals surface area contributed by atoms with E-state index in [-0.39, 0.29) is 47.6 Å². The molecule has 0 aromatic heterocycles. The predicted octanol–water partition coefficient (Wildman–Crippen LogP) is 2.36. The van der Waals surface area contributed by atoms with E-state index in [0.717, 1.165) is 0 Å². The summed E-state index contributed by atoms with van der Waals surface area (Å²) in [7, 11) is -2.19. The predicted molar refractivity (Wildman–Crippen MR) is 123 cm³/mol. The number of carbonyl (C=O) groups excluding carboxylic acids is 2. The Hall–Kier alpha value is -2.66. The summed E-state index contributed by atoms with van der Waals surface area (Å²) in [5, 5.41) is 2.91. The number of hydrogen-bond donors (Lipinski definition) is 1. The number of sulfonamides is 1. The molecule has 0 aliphatic carbocycles. The molecule has 9 nitrogen and oxygen atoms in total. The Morgan fingerprint density at radius 2 is 1.85 bits per heavy atom. The van der Waals surface area contributed by atoms with Gasteiger partial charge in [0.25, 0.3) is 0 Å². The molecule has 0 bridgehead atoms.